The highest BCUT2D eigenvalue weighted by molar-refractivity contribution is 6.06. The summed E-state index contributed by atoms with van der Waals surface area (Å²) in [7, 11) is 0. The van der Waals surface area contributed by atoms with E-state index in [-0.39, 0.29) is 0 Å². The zero-order valence-electron chi connectivity index (χ0n) is 35.3. The molecule has 304 valence electrons. The van der Waals surface area contributed by atoms with Gasteiger partial charge in [-0.2, -0.15) is 0 Å². The Labute approximate surface area is 376 Å². The van der Waals surface area contributed by atoms with Crippen molar-refractivity contribution < 1.29 is 4.42 Å². The van der Waals surface area contributed by atoms with E-state index in [9.17, 15) is 0 Å². The second-order valence-corrected chi connectivity index (χ2v) is 16.4. The Morgan fingerprint density at radius 3 is 1.15 bits per heavy atom. The average Bonchev–Trinajstić information content (AvgIpc) is 3.77. The van der Waals surface area contributed by atoms with Crippen molar-refractivity contribution in [1.82, 2.24) is 15.0 Å². The summed E-state index contributed by atoms with van der Waals surface area (Å²) in [4.78, 5) is 15.6. The molecule has 0 aliphatic rings. The minimum atomic E-state index is 0.619. The maximum absolute atomic E-state index is 6.06. The van der Waals surface area contributed by atoms with Gasteiger partial charge in [0, 0.05) is 27.5 Å². The van der Waals surface area contributed by atoms with E-state index in [0.29, 0.717) is 17.5 Å². The third kappa shape index (κ3) is 7.23. The standard InChI is InChI=1S/C61H39N3O/c1-3-13-43(14-4-1)51-17-7-9-20-54(51)60-62-59(63-61(64-60)55-21-10-8-18-52(55)44-15-5-2-6-16-44)45-29-27-41(28-30-45)47-32-34-48-37-46(31-33-49(48)38-47)40-23-25-42(26-24-40)50-35-36-58-56(39-50)53-19-11-12-22-57(53)65-58/h1-39H. The fourth-order valence-electron chi connectivity index (χ4n) is 9.02. The zero-order valence-corrected chi connectivity index (χ0v) is 35.3. The lowest BCUT2D eigenvalue weighted by atomic mass is 9.96. The molecular formula is C61H39N3O. The Hall–Kier alpha value is -8.73. The molecule has 0 saturated carbocycles. The van der Waals surface area contributed by atoms with E-state index >= 15 is 0 Å². The second-order valence-electron chi connectivity index (χ2n) is 16.4. The number of nitrogens with zero attached hydrogens (tertiary/aromatic N) is 3. The Balaban J connectivity index is 0.855. The summed E-state index contributed by atoms with van der Waals surface area (Å²) < 4.78 is 6.06. The summed E-state index contributed by atoms with van der Waals surface area (Å²) in [5, 5.41) is 4.66. The van der Waals surface area contributed by atoms with Gasteiger partial charge in [-0.15, -0.1) is 0 Å². The highest BCUT2D eigenvalue weighted by atomic mass is 16.3. The van der Waals surface area contributed by atoms with Crippen LogP contribution >= 0.6 is 0 Å². The summed E-state index contributed by atoms with van der Waals surface area (Å²) in [6.45, 7) is 0. The van der Waals surface area contributed by atoms with E-state index in [0.717, 1.165) is 72.0 Å². The molecule has 0 unspecified atom stereocenters. The Morgan fingerprint density at radius 1 is 0.231 bits per heavy atom. The van der Waals surface area contributed by atoms with Gasteiger partial charge in [-0.25, -0.2) is 15.0 Å². The van der Waals surface area contributed by atoms with E-state index in [4.69, 9.17) is 19.4 Å². The normalized spacial score (nSPS) is 11.4. The largest absolute Gasteiger partial charge is 0.456 e. The fourth-order valence-corrected chi connectivity index (χ4v) is 9.02. The van der Waals surface area contributed by atoms with Crippen molar-refractivity contribution in [3.05, 3.63) is 237 Å². The van der Waals surface area contributed by atoms with Crippen molar-refractivity contribution in [2.45, 2.75) is 0 Å². The molecule has 4 heteroatoms. The van der Waals surface area contributed by atoms with Gasteiger partial charge >= 0.3 is 0 Å². The van der Waals surface area contributed by atoms with Crippen LogP contribution in [-0.2, 0) is 0 Å². The number of fused-ring (bicyclic) bond motifs is 4. The topological polar surface area (TPSA) is 51.8 Å². The highest BCUT2D eigenvalue weighted by Crippen LogP contribution is 2.37. The summed E-state index contributed by atoms with van der Waals surface area (Å²) in [5.41, 5.74) is 16.0. The number of hydrogen-bond acceptors (Lipinski definition) is 4. The predicted molar refractivity (Wildman–Crippen MR) is 268 cm³/mol. The lowest BCUT2D eigenvalue weighted by Gasteiger charge is -2.14. The van der Waals surface area contributed by atoms with Crippen LogP contribution < -0.4 is 0 Å². The van der Waals surface area contributed by atoms with Crippen molar-refractivity contribution >= 4 is 32.7 Å². The SMILES string of the molecule is c1ccc(-c2ccccc2-c2nc(-c3ccc(-c4ccc5cc(-c6ccc(-c7ccc8oc9ccccc9c8c7)cc6)ccc5c4)cc3)nc(-c3ccccc3-c3ccccc3)n2)cc1. The number of hydrogen-bond donors (Lipinski definition) is 0. The first kappa shape index (κ1) is 38.0. The van der Waals surface area contributed by atoms with Gasteiger partial charge in [0.1, 0.15) is 11.2 Å². The van der Waals surface area contributed by atoms with Crippen LogP contribution in [0.1, 0.15) is 0 Å². The van der Waals surface area contributed by atoms with Crippen LogP contribution in [-0.4, -0.2) is 15.0 Å². The Morgan fingerprint density at radius 2 is 0.615 bits per heavy atom. The van der Waals surface area contributed by atoms with Crippen LogP contribution in [0.4, 0.5) is 0 Å². The van der Waals surface area contributed by atoms with Gasteiger partial charge in [0.15, 0.2) is 17.5 Å². The van der Waals surface area contributed by atoms with Crippen LogP contribution in [0, 0.1) is 0 Å². The first-order chi connectivity index (χ1) is 32.2. The fraction of sp³-hybridized carbons (Fsp3) is 0. The van der Waals surface area contributed by atoms with E-state index in [2.05, 4.69) is 200 Å². The molecule has 0 fully saturated rings. The van der Waals surface area contributed by atoms with E-state index in [1.165, 1.54) is 33.0 Å². The van der Waals surface area contributed by atoms with E-state index < -0.39 is 0 Å². The number of furan rings is 1. The van der Waals surface area contributed by atoms with E-state index in [1.807, 2.05) is 36.4 Å². The number of benzene rings is 10. The quantitative estimate of drug-likeness (QED) is 0.153. The predicted octanol–water partition coefficient (Wildman–Crippen LogP) is 16.3. The molecule has 2 heterocycles. The second kappa shape index (κ2) is 16.2. The van der Waals surface area contributed by atoms with Crippen molar-refractivity contribution in [1.29, 1.82) is 0 Å². The molecule has 0 bridgehead atoms. The van der Waals surface area contributed by atoms with Gasteiger partial charge in [0.05, 0.1) is 0 Å². The van der Waals surface area contributed by atoms with Crippen molar-refractivity contribution in [2.24, 2.45) is 0 Å². The van der Waals surface area contributed by atoms with Crippen LogP contribution in [0.2, 0.25) is 0 Å². The molecule has 0 N–H and O–H groups in total. The van der Waals surface area contributed by atoms with Crippen LogP contribution in [0.25, 0.3) is 123 Å². The summed E-state index contributed by atoms with van der Waals surface area (Å²) >= 11 is 0. The number of aromatic nitrogens is 3. The molecule has 2 aromatic heterocycles. The molecule has 0 aliphatic heterocycles. The van der Waals surface area contributed by atoms with Crippen molar-refractivity contribution in [3.8, 4) is 89.8 Å². The molecule has 0 radical (unpaired) electrons. The smallest absolute Gasteiger partial charge is 0.164 e. The third-order valence-electron chi connectivity index (χ3n) is 12.4. The molecule has 65 heavy (non-hydrogen) atoms. The van der Waals surface area contributed by atoms with Gasteiger partial charge in [-0.05, 0) is 96.7 Å². The molecular weight excluding hydrogens is 791 g/mol. The molecule has 4 nitrogen and oxygen atoms in total. The number of rotatable bonds is 8. The number of para-hydroxylation sites is 1. The minimum Gasteiger partial charge on any atom is -0.456 e. The molecule has 0 saturated heterocycles. The maximum Gasteiger partial charge on any atom is 0.164 e. The molecule has 12 rings (SSSR count). The molecule has 12 aromatic rings. The van der Waals surface area contributed by atoms with Crippen molar-refractivity contribution in [3.63, 3.8) is 0 Å². The van der Waals surface area contributed by atoms with Crippen LogP contribution in [0.15, 0.2) is 241 Å². The molecule has 0 spiro atoms. The lowest BCUT2D eigenvalue weighted by molar-refractivity contribution is 0.669. The summed E-state index contributed by atoms with van der Waals surface area (Å²) in [5.74, 6) is 1.87. The van der Waals surface area contributed by atoms with Gasteiger partial charge in [0.2, 0.25) is 0 Å². The summed E-state index contributed by atoms with van der Waals surface area (Å²) in [6, 6.07) is 83.0. The van der Waals surface area contributed by atoms with Crippen LogP contribution in [0.5, 0.6) is 0 Å². The Bertz CT molecular complexity index is 3590. The Kier molecular flexibility index (Phi) is 9.46. The average molecular weight is 830 g/mol. The zero-order chi connectivity index (χ0) is 43.1. The summed E-state index contributed by atoms with van der Waals surface area (Å²) in [6.07, 6.45) is 0. The highest BCUT2D eigenvalue weighted by Gasteiger charge is 2.18. The monoisotopic (exact) mass is 829 g/mol. The lowest BCUT2D eigenvalue weighted by Crippen LogP contribution is -2.02. The van der Waals surface area contributed by atoms with Gasteiger partial charge in [-0.1, -0.05) is 206 Å². The minimum absolute atomic E-state index is 0.619. The maximum atomic E-state index is 6.06. The third-order valence-corrected chi connectivity index (χ3v) is 12.4. The van der Waals surface area contributed by atoms with Crippen LogP contribution in [0.3, 0.4) is 0 Å². The van der Waals surface area contributed by atoms with E-state index in [1.54, 1.807) is 0 Å². The van der Waals surface area contributed by atoms with Gasteiger partial charge in [-0.3, -0.25) is 0 Å². The first-order valence-corrected chi connectivity index (χ1v) is 21.9. The first-order valence-electron chi connectivity index (χ1n) is 21.9. The molecule has 0 atom stereocenters. The molecule has 0 amide bonds. The van der Waals surface area contributed by atoms with Gasteiger partial charge < -0.3 is 4.42 Å². The van der Waals surface area contributed by atoms with Gasteiger partial charge in [0.25, 0.3) is 0 Å². The molecule has 0 aliphatic carbocycles. The molecule has 10 aromatic carbocycles. The van der Waals surface area contributed by atoms with Crippen molar-refractivity contribution in [2.75, 3.05) is 0 Å².